The molecule has 1 aromatic heterocycles. The Morgan fingerprint density at radius 2 is 2.12 bits per heavy atom. The number of amides is 1. The van der Waals surface area contributed by atoms with Crippen LogP contribution in [-0.4, -0.2) is 16.9 Å². The van der Waals surface area contributed by atoms with E-state index >= 15 is 0 Å². The highest BCUT2D eigenvalue weighted by atomic mass is 16.2. The Bertz CT molecular complexity index is 402. The van der Waals surface area contributed by atoms with Crippen molar-refractivity contribution >= 4 is 5.91 Å². The lowest BCUT2D eigenvalue weighted by molar-refractivity contribution is -0.119. The van der Waals surface area contributed by atoms with Gasteiger partial charge in [0.15, 0.2) is 0 Å². The van der Waals surface area contributed by atoms with E-state index in [2.05, 4.69) is 31.1 Å². The standard InChI is InChI=1S/C14H20N2O/c1-10(2)8-12-14(3,9-13(17)16-12)11-4-6-15-7-5-11/h4-7,10,12H,8-9H2,1-3H3,(H,16,17). The van der Waals surface area contributed by atoms with E-state index in [1.807, 2.05) is 12.1 Å². The van der Waals surface area contributed by atoms with Gasteiger partial charge in [0.1, 0.15) is 0 Å². The lowest BCUT2D eigenvalue weighted by atomic mass is 9.74. The van der Waals surface area contributed by atoms with E-state index in [1.54, 1.807) is 12.4 Å². The maximum Gasteiger partial charge on any atom is 0.221 e. The molecule has 1 N–H and O–H groups in total. The van der Waals surface area contributed by atoms with Crippen LogP contribution < -0.4 is 5.32 Å². The second-order valence-electron chi connectivity index (χ2n) is 5.58. The van der Waals surface area contributed by atoms with Gasteiger partial charge in [0.25, 0.3) is 0 Å². The number of nitrogens with zero attached hydrogens (tertiary/aromatic N) is 1. The van der Waals surface area contributed by atoms with E-state index in [0.717, 1.165) is 6.42 Å². The van der Waals surface area contributed by atoms with Crippen molar-refractivity contribution in [2.75, 3.05) is 0 Å². The maximum absolute atomic E-state index is 11.7. The quantitative estimate of drug-likeness (QED) is 0.868. The monoisotopic (exact) mass is 232 g/mol. The molecule has 2 atom stereocenters. The average Bonchev–Trinajstić information content (AvgIpc) is 2.55. The molecule has 1 aliphatic heterocycles. The molecule has 0 aliphatic carbocycles. The Morgan fingerprint density at radius 1 is 1.47 bits per heavy atom. The molecule has 1 saturated heterocycles. The smallest absolute Gasteiger partial charge is 0.221 e. The third kappa shape index (κ3) is 2.33. The zero-order chi connectivity index (χ0) is 12.5. The first kappa shape index (κ1) is 12.1. The number of hydrogen-bond acceptors (Lipinski definition) is 2. The Morgan fingerprint density at radius 3 is 2.71 bits per heavy atom. The molecule has 0 aromatic carbocycles. The Kier molecular flexibility index (Phi) is 3.18. The van der Waals surface area contributed by atoms with Crippen LogP contribution in [0.3, 0.4) is 0 Å². The largest absolute Gasteiger partial charge is 0.352 e. The first-order chi connectivity index (χ1) is 8.02. The highest BCUT2D eigenvalue weighted by Crippen LogP contribution is 2.37. The summed E-state index contributed by atoms with van der Waals surface area (Å²) >= 11 is 0. The van der Waals surface area contributed by atoms with Gasteiger partial charge in [-0.25, -0.2) is 0 Å². The van der Waals surface area contributed by atoms with Gasteiger partial charge in [-0.1, -0.05) is 20.8 Å². The van der Waals surface area contributed by atoms with Crippen LogP contribution in [0.2, 0.25) is 0 Å². The van der Waals surface area contributed by atoms with Crippen LogP contribution in [0.1, 0.15) is 39.2 Å². The van der Waals surface area contributed by atoms with Crippen molar-refractivity contribution in [2.24, 2.45) is 5.92 Å². The molecule has 2 unspecified atom stereocenters. The minimum absolute atomic E-state index is 0.0930. The van der Waals surface area contributed by atoms with Crippen molar-refractivity contribution < 1.29 is 4.79 Å². The average molecular weight is 232 g/mol. The Balaban J connectivity index is 2.30. The predicted octanol–water partition coefficient (Wildman–Crippen LogP) is 2.27. The van der Waals surface area contributed by atoms with Crippen LogP contribution in [0, 0.1) is 5.92 Å². The van der Waals surface area contributed by atoms with Gasteiger partial charge in [0.2, 0.25) is 5.91 Å². The molecule has 1 amide bonds. The van der Waals surface area contributed by atoms with Crippen molar-refractivity contribution in [1.82, 2.24) is 10.3 Å². The van der Waals surface area contributed by atoms with E-state index in [1.165, 1.54) is 5.56 Å². The molecule has 0 spiro atoms. The van der Waals surface area contributed by atoms with Crippen molar-refractivity contribution in [2.45, 2.75) is 45.1 Å². The van der Waals surface area contributed by atoms with Crippen LogP contribution >= 0.6 is 0 Å². The highest BCUT2D eigenvalue weighted by Gasteiger charge is 2.44. The summed E-state index contributed by atoms with van der Waals surface area (Å²) in [5.41, 5.74) is 1.11. The highest BCUT2D eigenvalue weighted by molar-refractivity contribution is 5.81. The van der Waals surface area contributed by atoms with Crippen molar-refractivity contribution in [3.63, 3.8) is 0 Å². The number of carbonyl (C=O) groups excluding carboxylic acids is 1. The van der Waals surface area contributed by atoms with Crippen LogP contribution in [-0.2, 0) is 10.2 Å². The summed E-state index contributed by atoms with van der Waals surface area (Å²) in [6.07, 6.45) is 5.20. The molecular weight excluding hydrogens is 212 g/mol. The lowest BCUT2D eigenvalue weighted by Gasteiger charge is -2.31. The van der Waals surface area contributed by atoms with Gasteiger partial charge in [-0.2, -0.15) is 0 Å². The second kappa shape index (κ2) is 4.47. The summed E-state index contributed by atoms with van der Waals surface area (Å²) in [4.78, 5) is 15.7. The summed E-state index contributed by atoms with van der Waals surface area (Å²) in [5.74, 6) is 0.745. The fourth-order valence-electron chi connectivity index (χ4n) is 2.69. The molecule has 0 bridgehead atoms. The van der Waals surface area contributed by atoms with Crippen molar-refractivity contribution in [3.8, 4) is 0 Å². The summed E-state index contributed by atoms with van der Waals surface area (Å²) in [6, 6.07) is 4.28. The zero-order valence-electron chi connectivity index (χ0n) is 10.7. The zero-order valence-corrected chi connectivity index (χ0v) is 10.7. The number of rotatable bonds is 3. The first-order valence-corrected chi connectivity index (χ1v) is 6.22. The SMILES string of the molecule is CC(C)CC1NC(=O)CC1(C)c1ccncc1. The van der Waals surface area contributed by atoms with Gasteiger partial charge in [-0.3, -0.25) is 9.78 Å². The molecular formula is C14H20N2O. The third-order valence-electron chi connectivity index (χ3n) is 3.68. The van der Waals surface area contributed by atoms with E-state index in [9.17, 15) is 4.79 Å². The third-order valence-corrected chi connectivity index (χ3v) is 3.68. The molecule has 3 heteroatoms. The van der Waals surface area contributed by atoms with Gasteiger partial charge < -0.3 is 5.32 Å². The minimum atomic E-state index is -0.0930. The minimum Gasteiger partial charge on any atom is -0.352 e. The fraction of sp³-hybridized carbons (Fsp3) is 0.571. The molecule has 0 radical (unpaired) electrons. The van der Waals surface area contributed by atoms with Gasteiger partial charge in [-0.05, 0) is 30.0 Å². The number of aromatic nitrogens is 1. The van der Waals surface area contributed by atoms with Crippen LogP contribution in [0.4, 0.5) is 0 Å². The van der Waals surface area contributed by atoms with Crippen LogP contribution in [0.15, 0.2) is 24.5 Å². The lowest BCUT2D eigenvalue weighted by Crippen LogP contribution is -2.39. The van der Waals surface area contributed by atoms with E-state index in [0.29, 0.717) is 12.3 Å². The summed E-state index contributed by atoms with van der Waals surface area (Å²) < 4.78 is 0. The van der Waals surface area contributed by atoms with Gasteiger partial charge in [0, 0.05) is 30.3 Å². The van der Waals surface area contributed by atoms with E-state index in [-0.39, 0.29) is 17.4 Å². The molecule has 0 saturated carbocycles. The molecule has 1 aromatic rings. The summed E-state index contributed by atoms with van der Waals surface area (Å²) in [6.45, 7) is 6.56. The molecule has 2 rings (SSSR count). The number of nitrogens with one attached hydrogen (secondary N) is 1. The van der Waals surface area contributed by atoms with Crippen molar-refractivity contribution in [1.29, 1.82) is 0 Å². The van der Waals surface area contributed by atoms with E-state index < -0.39 is 0 Å². The number of carbonyl (C=O) groups is 1. The van der Waals surface area contributed by atoms with Crippen LogP contribution in [0.25, 0.3) is 0 Å². The number of hydrogen-bond donors (Lipinski definition) is 1. The van der Waals surface area contributed by atoms with Gasteiger partial charge in [-0.15, -0.1) is 0 Å². The Hall–Kier alpha value is -1.38. The molecule has 1 aliphatic rings. The molecule has 1 fully saturated rings. The molecule has 92 valence electrons. The molecule has 3 nitrogen and oxygen atoms in total. The Labute approximate surface area is 103 Å². The summed E-state index contributed by atoms with van der Waals surface area (Å²) in [5, 5.41) is 3.11. The molecule has 2 heterocycles. The van der Waals surface area contributed by atoms with E-state index in [4.69, 9.17) is 0 Å². The second-order valence-corrected chi connectivity index (χ2v) is 5.58. The van der Waals surface area contributed by atoms with Crippen molar-refractivity contribution in [3.05, 3.63) is 30.1 Å². The van der Waals surface area contributed by atoms with Crippen LogP contribution in [0.5, 0.6) is 0 Å². The topological polar surface area (TPSA) is 42.0 Å². The first-order valence-electron chi connectivity index (χ1n) is 6.22. The molecule has 17 heavy (non-hydrogen) atoms. The van der Waals surface area contributed by atoms with Gasteiger partial charge >= 0.3 is 0 Å². The summed E-state index contributed by atoms with van der Waals surface area (Å²) in [7, 11) is 0. The number of pyridine rings is 1. The maximum atomic E-state index is 11.7. The normalized spacial score (nSPS) is 28.5. The predicted molar refractivity (Wildman–Crippen MR) is 67.6 cm³/mol. The van der Waals surface area contributed by atoms with Gasteiger partial charge in [0.05, 0.1) is 0 Å². The fourth-order valence-corrected chi connectivity index (χ4v) is 2.69.